The highest BCUT2D eigenvalue weighted by Gasteiger charge is 2.16. The maximum Gasteiger partial charge on any atom is 0.223 e. The number of nitrogens with one attached hydrogen (secondary N) is 1. The van der Waals surface area contributed by atoms with Crippen LogP contribution in [0.15, 0.2) is 0 Å². The van der Waals surface area contributed by atoms with Gasteiger partial charge in [0, 0.05) is 12.5 Å². The van der Waals surface area contributed by atoms with Crippen molar-refractivity contribution in [1.29, 1.82) is 0 Å². The Hall–Kier alpha value is 0.130. The van der Waals surface area contributed by atoms with Crippen molar-refractivity contribution < 1.29 is 9.90 Å². The molecule has 1 atom stereocenters. The Bertz CT molecular complexity index is 159. The Balaban J connectivity index is 3.88. The summed E-state index contributed by atoms with van der Waals surface area (Å²) < 4.78 is 0. The summed E-state index contributed by atoms with van der Waals surface area (Å²) >= 11 is 8.20. The molecule has 0 aliphatic rings. The number of rotatable bonds is 7. The van der Waals surface area contributed by atoms with Gasteiger partial charge in [0.2, 0.25) is 5.91 Å². The fraction of sp³-hybridized carbons (Fsp3) is 0.889. The van der Waals surface area contributed by atoms with Crippen LogP contribution in [0.4, 0.5) is 0 Å². The number of carbonyl (C=O) groups is 1. The van der Waals surface area contributed by atoms with Crippen molar-refractivity contribution in [2.24, 2.45) is 5.92 Å². The number of aliphatic hydroxyl groups excluding tert-OH is 1. The largest absolute Gasteiger partial charge is 0.392 e. The van der Waals surface area contributed by atoms with Crippen LogP contribution < -0.4 is 5.32 Å². The van der Waals surface area contributed by atoms with E-state index in [1.54, 1.807) is 6.92 Å². The number of hydrogen-bond donors (Lipinski definition) is 4. The van der Waals surface area contributed by atoms with Gasteiger partial charge in [0.05, 0.1) is 6.10 Å². The zero-order chi connectivity index (χ0) is 11.0. The van der Waals surface area contributed by atoms with E-state index in [4.69, 9.17) is 5.11 Å². The lowest BCUT2D eigenvalue weighted by Crippen LogP contribution is -2.35. The summed E-state index contributed by atoms with van der Waals surface area (Å²) in [4.78, 5) is 11.5. The van der Waals surface area contributed by atoms with Gasteiger partial charge in [0.25, 0.3) is 0 Å². The van der Waals surface area contributed by atoms with Crippen LogP contribution in [0.2, 0.25) is 0 Å². The van der Waals surface area contributed by atoms with Crippen LogP contribution in [0.1, 0.15) is 19.8 Å². The number of amides is 1. The molecule has 1 unspecified atom stereocenters. The highest BCUT2D eigenvalue weighted by atomic mass is 32.1. The van der Waals surface area contributed by atoms with Crippen molar-refractivity contribution in [3.05, 3.63) is 0 Å². The highest BCUT2D eigenvalue weighted by Crippen LogP contribution is 2.10. The Labute approximate surface area is 96.5 Å². The van der Waals surface area contributed by atoms with Gasteiger partial charge in [0.1, 0.15) is 0 Å². The summed E-state index contributed by atoms with van der Waals surface area (Å²) in [6.07, 6.45) is 1.02. The molecule has 0 aliphatic heterocycles. The van der Waals surface area contributed by atoms with Crippen LogP contribution in [0.25, 0.3) is 0 Å². The lowest BCUT2D eigenvalue weighted by molar-refractivity contribution is -0.125. The molecule has 0 bridgehead atoms. The van der Waals surface area contributed by atoms with E-state index < -0.39 is 6.10 Å². The highest BCUT2D eigenvalue weighted by molar-refractivity contribution is 7.80. The van der Waals surface area contributed by atoms with Gasteiger partial charge in [-0.3, -0.25) is 4.79 Å². The van der Waals surface area contributed by atoms with Gasteiger partial charge >= 0.3 is 0 Å². The maximum atomic E-state index is 11.5. The molecule has 84 valence electrons. The number of hydrogen-bond acceptors (Lipinski definition) is 4. The van der Waals surface area contributed by atoms with Gasteiger partial charge in [0.15, 0.2) is 0 Å². The van der Waals surface area contributed by atoms with E-state index >= 15 is 0 Å². The quantitative estimate of drug-likeness (QED) is 0.494. The normalized spacial score (nSPS) is 12.9. The zero-order valence-corrected chi connectivity index (χ0v) is 10.2. The first kappa shape index (κ1) is 14.1. The van der Waals surface area contributed by atoms with Gasteiger partial charge < -0.3 is 10.4 Å². The third-order valence-corrected chi connectivity index (χ3v) is 2.41. The van der Waals surface area contributed by atoms with Gasteiger partial charge in [-0.25, -0.2) is 0 Å². The molecule has 0 heterocycles. The molecule has 0 aromatic carbocycles. The summed E-state index contributed by atoms with van der Waals surface area (Å²) in [5, 5.41) is 11.7. The van der Waals surface area contributed by atoms with Crippen molar-refractivity contribution in [2.45, 2.75) is 25.9 Å². The molecule has 0 saturated carbocycles. The van der Waals surface area contributed by atoms with Crippen molar-refractivity contribution in [2.75, 3.05) is 18.1 Å². The fourth-order valence-electron chi connectivity index (χ4n) is 1.11. The Kier molecular flexibility index (Phi) is 8.52. The van der Waals surface area contributed by atoms with Gasteiger partial charge in [-0.1, -0.05) is 0 Å². The predicted molar refractivity (Wildman–Crippen MR) is 65.1 cm³/mol. The smallest absolute Gasteiger partial charge is 0.223 e. The van der Waals surface area contributed by atoms with Crippen LogP contribution in [0.3, 0.4) is 0 Å². The fourth-order valence-corrected chi connectivity index (χ4v) is 1.73. The molecule has 3 nitrogen and oxygen atoms in total. The molecule has 14 heavy (non-hydrogen) atoms. The van der Waals surface area contributed by atoms with Crippen molar-refractivity contribution in [1.82, 2.24) is 5.32 Å². The Morgan fingerprint density at radius 3 is 2.21 bits per heavy atom. The topological polar surface area (TPSA) is 49.3 Å². The predicted octanol–water partition coefficient (Wildman–Crippen LogP) is 0.739. The molecule has 1 amide bonds. The Morgan fingerprint density at radius 1 is 1.36 bits per heavy atom. The molecule has 0 spiro atoms. The van der Waals surface area contributed by atoms with E-state index in [2.05, 4.69) is 30.6 Å². The third-order valence-electron chi connectivity index (χ3n) is 1.90. The van der Waals surface area contributed by atoms with Crippen LogP contribution in [0.5, 0.6) is 0 Å². The summed E-state index contributed by atoms with van der Waals surface area (Å²) in [7, 11) is 0. The zero-order valence-electron chi connectivity index (χ0n) is 8.44. The summed E-state index contributed by atoms with van der Waals surface area (Å²) in [5.41, 5.74) is 0. The third kappa shape index (κ3) is 6.56. The molecule has 0 aliphatic carbocycles. The molecule has 0 radical (unpaired) electrons. The second kappa shape index (κ2) is 8.44. The molecule has 5 heteroatoms. The number of aliphatic hydroxyl groups is 1. The molecule has 0 fully saturated rings. The van der Waals surface area contributed by atoms with Crippen molar-refractivity contribution in [3.8, 4) is 0 Å². The lowest BCUT2D eigenvalue weighted by Gasteiger charge is -2.15. The SMILES string of the molecule is CC(O)CNC(=O)C(CCS)CCS. The summed E-state index contributed by atoms with van der Waals surface area (Å²) in [5.74, 6) is 1.36. The Morgan fingerprint density at radius 2 is 1.86 bits per heavy atom. The molecular formula is C9H19NO2S2. The van der Waals surface area contributed by atoms with Crippen LogP contribution in [-0.4, -0.2) is 35.2 Å². The van der Waals surface area contributed by atoms with E-state index in [0.717, 1.165) is 12.8 Å². The first-order valence-corrected chi connectivity index (χ1v) is 6.05. The molecule has 0 rings (SSSR count). The minimum atomic E-state index is -0.494. The summed E-state index contributed by atoms with van der Waals surface area (Å²) in [6, 6.07) is 0. The average Bonchev–Trinajstić information content (AvgIpc) is 2.14. The van der Waals surface area contributed by atoms with Gasteiger partial charge in [-0.05, 0) is 31.3 Å². The lowest BCUT2D eigenvalue weighted by atomic mass is 10.0. The number of thiol groups is 2. The monoisotopic (exact) mass is 237 g/mol. The first-order chi connectivity index (χ1) is 6.61. The van der Waals surface area contributed by atoms with Crippen LogP contribution in [0, 0.1) is 5.92 Å². The van der Waals surface area contributed by atoms with Crippen LogP contribution in [-0.2, 0) is 4.79 Å². The van der Waals surface area contributed by atoms with E-state index in [0.29, 0.717) is 18.1 Å². The molecule has 2 N–H and O–H groups in total. The minimum Gasteiger partial charge on any atom is -0.392 e. The molecular weight excluding hydrogens is 218 g/mol. The maximum absolute atomic E-state index is 11.5. The van der Waals surface area contributed by atoms with E-state index in [-0.39, 0.29) is 11.8 Å². The minimum absolute atomic E-state index is 0.00556. The summed E-state index contributed by atoms with van der Waals surface area (Å²) in [6.45, 7) is 1.96. The number of carbonyl (C=O) groups excluding carboxylic acids is 1. The molecule has 0 saturated heterocycles. The molecule has 0 aromatic rings. The van der Waals surface area contributed by atoms with Gasteiger partial charge in [-0.2, -0.15) is 25.3 Å². The standard InChI is InChI=1S/C9H19NO2S2/c1-7(11)6-10-9(12)8(2-4-13)3-5-14/h7-8,11,13-14H,2-6H2,1H3,(H,10,12). The van der Waals surface area contributed by atoms with E-state index in [1.165, 1.54) is 0 Å². The van der Waals surface area contributed by atoms with Crippen molar-refractivity contribution in [3.63, 3.8) is 0 Å². The molecule has 0 aromatic heterocycles. The van der Waals surface area contributed by atoms with Crippen LogP contribution >= 0.6 is 25.3 Å². The second-order valence-electron chi connectivity index (χ2n) is 3.32. The average molecular weight is 237 g/mol. The first-order valence-electron chi connectivity index (χ1n) is 4.79. The second-order valence-corrected chi connectivity index (χ2v) is 4.21. The van der Waals surface area contributed by atoms with Crippen molar-refractivity contribution >= 4 is 31.2 Å². The van der Waals surface area contributed by atoms with E-state index in [9.17, 15) is 4.79 Å². The van der Waals surface area contributed by atoms with Gasteiger partial charge in [-0.15, -0.1) is 0 Å². The van der Waals surface area contributed by atoms with E-state index in [1.807, 2.05) is 0 Å².